The van der Waals surface area contributed by atoms with Gasteiger partial charge in [-0.1, -0.05) is 11.6 Å². The standard InChI is InChI=1S/C25H30N4O6/c30-22(26-19-6-7-20-21(14-19)35-16-34-20)18-9-11-27(12-10-18)15-29-24(32)23(31)28(25(29)33)13-8-17-4-2-1-3-5-17/h4,6-7,14,18H,1-3,5,8-13,15-16H2,(H,26,30). The summed E-state index contributed by atoms with van der Waals surface area (Å²) in [5, 5.41) is 2.93. The molecule has 3 aliphatic heterocycles. The highest BCUT2D eigenvalue weighted by atomic mass is 16.7. The molecule has 5 amide bonds. The zero-order chi connectivity index (χ0) is 24.4. The number of imide groups is 2. The Morgan fingerprint density at radius 2 is 1.77 bits per heavy atom. The fraction of sp³-hybridized carbons (Fsp3) is 0.520. The van der Waals surface area contributed by atoms with Gasteiger partial charge in [-0.2, -0.15) is 0 Å². The highest BCUT2D eigenvalue weighted by Gasteiger charge is 2.45. The number of nitrogens with one attached hydrogen (secondary N) is 1. The van der Waals surface area contributed by atoms with Gasteiger partial charge >= 0.3 is 17.8 Å². The number of hydrogen-bond donors (Lipinski definition) is 1. The van der Waals surface area contributed by atoms with Crippen LogP contribution in [0.2, 0.25) is 0 Å². The second-order valence-electron chi connectivity index (χ2n) is 9.42. The summed E-state index contributed by atoms with van der Waals surface area (Å²) in [4.78, 5) is 54.5. The number of fused-ring (bicyclic) bond motifs is 1. The van der Waals surface area contributed by atoms with E-state index in [0.29, 0.717) is 49.5 Å². The van der Waals surface area contributed by atoms with Gasteiger partial charge in [0, 0.05) is 37.3 Å². The number of carbonyl (C=O) groups excluding carboxylic acids is 4. The molecule has 2 fully saturated rings. The van der Waals surface area contributed by atoms with Gasteiger partial charge in [0.1, 0.15) is 0 Å². The van der Waals surface area contributed by atoms with Crippen LogP contribution in [0.15, 0.2) is 29.8 Å². The number of rotatable bonds is 7. The second-order valence-corrected chi connectivity index (χ2v) is 9.42. The van der Waals surface area contributed by atoms with E-state index in [1.54, 1.807) is 18.2 Å². The van der Waals surface area contributed by atoms with Crippen molar-refractivity contribution in [1.29, 1.82) is 0 Å². The Morgan fingerprint density at radius 1 is 1.00 bits per heavy atom. The molecule has 1 N–H and O–H groups in total. The lowest BCUT2D eigenvalue weighted by Crippen LogP contribution is -2.46. The molecule has 186 valence electrons. The average Bonchev–Trinajstić information content (AvgIpc) is 3.42. The summed E-state index contributed by atoms with van der Waals surface area (Å²) in [7, 11) is 0. The molecule has 0 atom stereocenters. The number of urea groups is 1. The molecule has 3 heterocycles. The fourth-order valence-electron chi connectivity index (χ4n) is 5.01. The van der Waals surface area contributed by atoms with E-state index in [4.69, 9.17) is 9.47 Å². The summed E-state index contributed by atoms with van der Waals surface area (Å²) < 4.78 is 10.6. The van der Waals surface area contributed by atoms with Crippen LogP contribution in [0.5, 0.6) is 11.5 Å². The Hall–Kier alpha value is -3.40. The van der Waals surface area contributed by atoms with Gasteiger partial charge in [0.2, 0.25) is 12.7 Å². The van der Waals surface area contributed by atoms with E-state index in [2.05, 4.69) is 11.4 Å². The van der Waals surface area contributed by atoms with Crippen molar-refractivity contribution >= 4 is 29.4 Å². The lowest BCUT2D eigenvalue weighted by atomic mass is 9.96. The predicted octanol–water partition coefficient (Wildman–Crippen LogP) is 2.70. The van der Waals surface area contributed by atoms with Crippen molar-refractivity contribution in [3.8, 4) is 11.5 Å². The Kier molecular flexibility index (Phi) is 6.72. The van der Waals surface area contributed by atoms with Gasteiger partial charge < -0.3 is 14.8 Å². The van der Waals surface area contributed by atoms with E-state index < -0.39 is 17.8 Å². The summed E-state index contributed by atoms with van der Waals surface area (Å²) in [6, 6.07) is 4.74. The number of allylic oxidation sites excluding steroid dienone is 1. The first-order valence-electron chi connectivity index (χ1n) is 12.3. The van der Waals surface area contributed by atoms with Gasteiger partial charge in [0.05, 0.1) is 6.67 Å². The molecule has 35 heavy (non-hydrogen) atoms. The van der Waals surface area contributed by atoms with E-state index in [9.17, 15) is 19.2 Å². The molecular weight excluding hydrogens is 452 g/mol. The van der Waals surface area contributed by atoms with E-state index in [1.807, 2.05) is 4.90 Å². The topological polar surface area (TPSA) is 108 Å². The number of amides is 5. The van der Waals surface area contributed by atoms with Crippen molar-refractivity contribution in [2.75, 3.05) is 38.4 Å². The Morgan fingerprint density at radius 3 is 2.54 bits per heavy atom. The highest BCUT2D eigenvalue weighted by molar-refractivity contribution is 6.44. The van der Waals surface area contributed by atoms with Crippen molar-refractivity contribution in [2.24, 2.45) is 5.92 Å². The number of anilines is 1. The molecule has 1 aliphatic carbocycles. The average molecular weight is 483 g/mol. The van der Waals surface area contributed by atoms with Crippen molar-refractivity contribution in [1.82, 2.24) is 14.7 Å². The quantitative estimate of drug-likeness (QED) is 0.362. The number of piperidine rings is 1. The van der Waals surface area contributed by atoms with Gasteiger partial charge in [-0.15, -0.1) is 0 Å². The molecule has 0 saturated carbocycles. The first kappa shape index (κ1) is 23.3. The smallest absolute Gasteiger partial charge is 0.335 e. The summed E-state index contributed by atoms with van der Waals surface area (Å²) in [6.07, 6.45) is 8.33. The molecule has 0 aromatic heterocycles. The van der Waals surface area contributed by atoms with E-state index in [1.165, 1.54) is 12.0 Å². The summed E-state index contributed by atoms with van der Waals surface area (Å²) in [6.45, 7) is 1.59. The largest absolute Gasteiger partial charge is 0.454 e. The fourth-order valence-corrected chi connectivity index (χ4v) is 5.01. The molecule has 0 unspecified atom stereocenters. The van der Waals surface area contributed by atoms with Crippen LogP contribution in [0.1, 0.15) is 44.9 Å². The summed E-state index contributed by atoms with van der Waals surface area (Å²) >= 11 is 0. The van der Waals surface area contributed by atoms with Crippen LogP contribution >= 0.6 is 0 Å². The van der Waals surface area contributed by atoms with Gasteiger partial charge in [0.25, 0.3) is 0 Å². The SMILES string of the molecule is O=C(Nc1ccc2c(c1)OCO2)C1CCN(CN2C(=O)C(=O)N(CCC3=CCCCC3)C2=O)CC1. The summed E-state index contributed by atoms with van der Waals surface area (Å²) in [5.74, 6) is -0.500. The zero-order valence-corrected chi connectivity index (χ0v) is 19.7. The zero-order valence-electron chi connectivity index (χ0n) is 19.7. The number of carbonyl (C=O) groups is 4. The van der Waals surface area contributed by atoms with Crippen molar-refractivity contribution in [3.63, 3.8) is 0 Å². The van der Waals surface area contributed by atoms with Gasteiger partial charge in [-0.05, 0) is 57.1 Å². The number of hydrogen-bond acceptors (Lipinski definition) is 7. The maximum Gasteiger partial charge on any atom is 0.335 e. The third-order valence-electron chi connectivity index (χ3n) is 7.12. The molecule has 0 radical (unpaired) electrons. The number of ether oxygens (including phenoxy) is 2. The lowest BCUT2D eigenvalue weighted by Gasteiger charge is -2.33. The van der Waals surface area contributed by atoms with Crippen LogP contribution in [0.3, 0.4) is 0 Å². The third-order valence-corrected chi connectivity index (χ3v) is 7.12. The van der Waals surface area contributed by atoms with Crippen molar-refractivity contribution < 1.29 is 28.7 Å². The maximum absolute atomic E-state index is 12.8. The molecule has 1 aromatic carbocycles. The molecule has 1 aromatic rings. The first-order chi connectivity index (χ1) is 17.0. The van der Waals surface area contributed by atoms with Crippen LogP contribution in [0, 0.1) is 5.92 Å². The van der Waals surface area contributed by atoms with Gasteiger partial charge in [-0.25, -0.2) is 9.69 Å². The monoisotopic (exact) mass is 482 g/mol. The van der Waals surface area contributed by atoms with Crippen LogP contribution in [0.4, 0.5) is 10.5 Å². The molecule has 10 nitrogen and oxygen atoms in total. The minimum atomic E-state index is -0.768. The summed E-state index contributed by atoms with van der Waals surface area (Å²) in [5.41, 5.74) is 1.90. The number of nitrogens with zero attached hydrogens (tertiary/aromatic N) is 3. The molecule has 0 bridgehead atoms. The minimum Gasteiger partial charge on any atom is -0.454 e. The van der Waals surface area contributed by atoms with Crippen LogP contribution in [-0.2, 0) is 14.4 Å². The Labute approximate surface area is 203 Å². The van der Waals surface area contributed by atoms with Gasteiger partial charge in [0.15, 0.2) is 11.5 Å². The highest BCUT2D eigenvalue weighted by Crippen LogP contribution is 2.34. The predicted molar refractivity (Wildman–Crippen MR) is 125 cm³/mol. The van der Waals surface area contributed by atoms with Crippen LogP contribution in [-0.4, -0.2) is 71.5 Å². The maximum atomic E-state index is 12.8. The van der Waals surface area contributed by atoms with E-state index in [-0.39, 0.29) is 31.8 Å². The van der Waals surface area contributed by atoms with Crippen LogP contribution < -0.4 is 14.8 Å². The third kappa shape index (κ3) is 5.02. The number of likely N-dealkylation sites (tertiary alicyclic amines) is 1. The first-order valence-corrected chi connectivity index (χ1v) is 12.3. The normalized spacial score (nSPS) is 21.0. The number of benzene rings is 1. The molecule has 10 heteroatoms. The second kappa shape index (κ2) is 10.1. The Balaban J connectivity index is 1.10. The molecular formula is C25H30N4O6. The van der Waals surface area contributed by atoms with Gasteiger partial charge in [-0.3, -0.25) is 24.2 Å². The van der Waals surface area contributed by atoms with Crippen LogP contribution in [0.25, 0.3) is 0 Å². The lowest BCUT2D eigenvalue weighted by molar-refractivity contribution is -0.144. The van der Waals surface area contributed by atoms with E-state index >= 15 is 0 Å². The molecule has 5 rings (SSSR count). The Bertz CT molecular complexity index is 1060. The minimum absolute atomic E-state index is 0.0686. The van der Waals surface area contributed by atoms with E-state index in [0.717, 1.165) is 29.1 Å². The van der Waals surface area contributed by atoms with Crippen molar-refractivity contribution in [3.05, 3.63) is 29.8 Å². The molecule has 2 saturated heterocycles. The van der Waals surface area contributed by atoms with Crippen molar-refractivity contribution in [2.45, 2.75) is 44.9 Å². The molecule has 4 aliphatic rings. The molecule has 0 spiro atoms.